The SMILES string of the molecule is CCCC(C)NC(=O)c1cc(N)nc(C(C)(C)C)c1. The summed E-state index contributed by atoms with van der Waals surface area (Å²) in [6.45, 7) is 10.3. The van der Waals surface area contributed by atoms with Crippen LogP contribution in [0.15, 0.2) is 12.1 Å². The Balaban J connectivity index is 2.95. The van der Waals surface area contributed by atoms with Crippen molar-refractivity contribution in [3.05, 3.63) is 23.4 Å². The average Bonchev–Trinajstić information content (AvgIpc) is 2.27. The molecule has 0 fully saturated rings. The molecule has 19 heavy (non-hydrogen) atoms. The number of amides is 1. The third-order valence-corrected chi connectivity index (χ3v) is 2.97. The van der Waals surface area contributed by atoms with E-state index in [4.69, 9.17) is 5.73 Å². The highest BCUT2D eigenvalue weighted by atomic mass is 16.1. The molecule has 0 aliphatic carbocycles. The molecule has 1 aromatic rings. The zero-order chi connectivity index (χ0) is 14.6. The van der Waals surface area contributed by atoms with Crippen molar-refractivity contribution in [1.29, 1.82) is 0 Å². The van der Waals surface area contributed by atoms with E-state index in [1.807, 2.05) is 13.0 Å². The summed E-state index contributed by atoms with van der Waals surface area (Å²) in [6.07, 6.45) is 2.02. The van der Waals surface area contributed by atoms with Crippen molar-refractivity contribution >= 4 is 11.7 Å². The van der Waals surface area contributed by atoms with Crippen LogP contribution >= 0.6 is 0 Å². The Morgan fingerprint density at radius 2 is 2.05 bits per heavy atom. The second-order valence-corrected chi connectivity index (χ2v) is 6.08. The number of nitrogen functional groups attached to an aromatic ring is 1. The number of carbonyl (C=O) groups is 1. The van der Waals surface area contributed by atoms with Gasteiger partial charge in [-0.15, -0.1) is 0 Å². The molecule has 0 saturated carbocycles. The molecule has 1 rings (SSSR count). The molecule has 1 amide bonds. The maximum absolute atomic E-state index is 12.2. The fourth-order valence-electron chi connectivity index (χ4n) is 1.88. The Hall–Kier alpha value is -1.58. The Kier molecular flexibility index (Phi) is 4.92. The Labute approximate surface area is 115 Å². The highest BCUT2D eigenvalue weighted by Crippen LogP contribution is 2.22. The normalized spacial score (nSPS) is 13.1. The zero-order valence-corrected chi connectivity index (χ0v) is 12.6. The van der Waals surface area contributed by atoms with E-state index in [1.54, 1.807) is 6.07 Å². The number of hydrogen-bond donors (Lipinski definition) is 2. The fraction of sp³-hybridized carbons (Fsp3) is 0.600. The van der Waals surface area contributed by atoms with Gasteiger partial charge in [-0.25, -0.2) is 4.98 Å². The number of anilines is 1. The number of hydrogen-bond acceptors (Lipinski definition) is 3. The molecule has 0 bridgehead atoms. The summed E-state index contributed by atoms with van der Waals surface area (Å²) in [6, 6.07) is 3.62. The van der Waals surface area contributed by atoms with E-state index in [0.29, 0.717) is 11.4 Å². The first-order valence-corrected chi connectivity index (χ1v) is 6.83. The molecule has 1 aromatic heterocycles. The molecular formula is C15H25N3O. The van der Waals surface area contributed by atoms with Crippen LogP contribution in [-0.2, 0) is 5.41 Å². The van der Waals surface area contributed by atoms with Crippen LogP contribution in [0.4, 0.5) is 5.82 Å². The molecule has 1 atom stereocenters. The summed E-state index contributed by atoms with van der Waals surface area (Å²) in [5.74, 6) is 0.307. The molecule has 3 N–H and O–H groups in total. The number of aromatic nitrogens is 1. The van der Waals surface area contributed by atoms with E-state index >= 15 is 0 Å². The first-order valence-electron chi connectivity index (χ1n) is 6.83. The van der Waals surface area contributed by atoms with E-state index in [-0.39, 0.29) is 17.4 Å². The largest absolute Gasteiger partial charge is 0.384 e. The van der Waals surface area contributed by atoms with Crippen LogP contribution in [0.2, 0.25) is 0 Å². The lowest BCUT2D eigenvalue weighted by Crippen LogP contribution is -2.32. The van der Waals surface area contributed by atoms with Gasteiger partial charge in [0.05, 0.1) is 0 Å². The van der Waals surface area contributed by atoms with Gasteiger partial charge in [-0.2, -0.15) is 0 Å². The van der Waals surface area contributed by atoms with Crippen molar-refractivity contribution in [2.45, 2.75) is 58.9 Å². The molecule has 1 unspecified atom stereocenters. The first kappa shape index (κ1) is 15.5. The molecule has 106 valence electrons. The number of nitrogens with two attached hydrogens (primary N) is 1. The van der Waals surface area contributed by atoms with Crippen LogP contribution in [0.1, 0.15) is 63.5 Å². The van der Waals surface area contributed by atoms with Gasteiger partial charge in [-0.3, -0.25) is 4.79 Å². The summed E-state index contributed by atoms with van der Waals surface area (Å²) in [4.78, 5) is 16.5. The molecule has 0 spiro atoms. The highest BCUT2D eigenvalue weighted by Gasteiger charge is 2.19. The topological polar surface area (TPSA) is 68.0 Å². The van der Waals surface area contributed by atoms with Gasteiger partial charge in [-0.1, -0.05) is 34.1 Å². The minimum absolute atomic E-state index is 0.0828. The zero-order valence-electron chi connectivity index (χ0n) is 12.6. The molecule has 0 aliphatic heterocycles. The molecule has 4 nitrogen and oxygen atoms in total. The molecule has 4 heteroatoms. The van der Waals surface area contributed by atoms with Crippen LogP contribution in [-0.4, -0.2) is 16.9 Å². The van der Waals surface area contributed by atoms with Crippen molar-refractivity contribution in [2.24, 2.45) is 0 Å². The van der Waals surface area contributed by atoms with E-state index in [1.165, 1.54) is 0 Å². The lowest BCUT2D eigenvalue weighted by molar-refractivity contribution is 0.0938. The number of nitrogens with zero attached hydrogens (tertiary/aromatic N) is 1. The lowest BCUT2D eigenvalue weighted by atomic mass is 9.90. The van der Waals surface area contributed by atoms with Crippen molar-refractivity contribution < 1.29 is 4.79 Å². The third-order valence-electron chi connectivity index (χ3n) is 2.97. The number of pyridine rings is 1. The molecule has 0 aromatic carbocycles. The molecular weight excluding hydrogens is 238 g/mol. The second kappa shape index (κ2) is 6.04. The van der Waals surface area contributed by atoms with Gasteiger partial charge in [0.1, 0.15) is 5.82 Å². The van der Waals surface area contributed by atoms with Crippen molar-refractivity contribution in [3.63, 3.8) is 0 Å². The third kappa shape index (κ3) is 4.54. The summed E-state index contributed by atoms with van der Waals surface area (Å²) in [5, 5.41) is 2.98. The maximum atomic E-state index is 12.2. The minimum Gasteiger partial charge on any atom is -0.384 e. The fourth-order valence-corrected chi connectivity index (χ4v) is 1.88. The monoisotopic (exact) mass is 263 g/mol. The van der Waals surface area contributed by atoms with Crippen LogP contribution in [0.3, 0.4) is 0 Å². The molecule has 1 heterocycles. The summed E-state index contributed by atoms with van der Waals surface area (Å²) < 4.78 is 0. The van der Waals surface area contributed by atoms with E-state index in [9.17, 15) is 4.79 Å². The van der Waals surface area contributed by atoms with E-state index in [2.05, 4.69) is 38.0 Å². The summed E-state index contributed by atoms with van der Waals surface area (Å²) in [7, 11) is 0. The predicted molar refractivity (Wildman–Crippen MR) is 79.2 cm³/mol. The maximum Gasteiger partial charge on any atom is 0.251 e. The molecule has 0 radical (unpaired) electrons. The van der Waals surface area contributed by atoms with E-state index in [0.717, 1.165) is 18.5 Å². The second-order valence-electron chi connectivity index (χ2n) is 6.08. The van der Waals surface area contributed by atoms with Crippen LogP contribution in [0.25, 0.3) is 0 Å². The summed E-state index contributed by atoms with van der Waals surface area (Å²) in [5.41, 5.74) is 7.08. The van der Waals surface area contributed by atoms with Crippen molar-refractivity contribution in [3.8, 4) is 0 Å². The first-order chi connectivity index (χ1) is 8.74. The van der Waals surface area contributed by atoms with Gasteiger partial charge in [0.15, 0.2) is 0 Å². The molecule has 0 saturated heterocycles. The van der Waals surface area contributed by atoms with Crippen molar-refractivity contribution in [2.75, 3.05) is 5.73 Å². The number of nitrogens with one attached hydrogen (secondary N) is 1. The standard InChI is InChI=1S/C15H25N3O/c1-6-7-10(2)17-14(19)11-8-12(15(3,4)5)18-13(16)9-11/h8-10H,6-7H2,1-5H3,(H2,16,18)(H,17,19). The quantitative estimate of drug-likeness (QED) is 0.877. The summed E-state index contributed by atoms with van der Waals surface area (Å²) >= 11 is 0. The predicted octanol–water partition coefficient (Wildman–Crippen LogP) is 2.88. The highest BCUT2D eigenvalue weighted by molar-refractivity contribution is 5.95. The van der Waals surface area contributed by atoms with Gasteiger partial charge in [0, 0.05) is 22.7 Å². The van der Waals surface area contributed by atoms with Crippen LogP contribution in [0, 0.1) is 0 Å². The van der Waals surface area contributed by atoms with Gasteiger partial charge < -0.3 is 11.1 Å². The van der Waals surface area contributed by atoms with Gasteiger partial charge >= 0.3 is 0 Å². The van der Waals surface area contributed by atoms with Gasteiger partial charge in [-0.05, 0) is 25.5 Å². The Morgan fingerprint density at radius 1 is 1.42 bits per heavy atom. The molecule has 0 aliphatic rings. The lowest BCUT2D eigenvalue weighted by Gasteiger charge is -2.19. The van der Waals surface area contributed by atoms with Gasteiger partial charge in [0.2, 0.25) is 0 Å². The number of rotatable bonds is 4. The van der Waals surface area contributed by atoms with Crippen molar-refractivity contribution in [1.82, 2.24) is 10.3 Å². The van der Waals surface area contributed by atoms with Crippen LogP contribution in [0.5, 0.6) is 0 Å². The minimum atomic E-state index is -0.126. The van der Waals surface area contributed by atoms with Crippen LogP contribution < -0.4 is 11.1 Å². The average molecular weight is 263 g/mol. The Morgan fingerprint density at radius 3 is 2.58 bits per heavy atom. The van der Waals surface area contributed by atoms with E-state index < -0.39 is 0 Å². The Bertz CT molecular complexity index is 449. The van der Waals surface area contributed by atoms with Gasteiger partial charge in [0.25, 0.3) is 5.91 Å². The number of carbonyl (C=O) groups excluding carboxylic acids is 1. The smallest absolute Gasteiger partial charge is 0.251 e.